The zero-order valence-corrected chi connectivity index (χ0v) is 10.1. The van der Waals surface area contributed by atoms with Crippen LogP contribution in [-0.4, -0.2) is 17.1 Å². The van der Waals surface area contributed by atoms with Gasteiger partial charge in [0.05, 0.1) is 23.4 Å². The Kier molecular flexibility index (Phi) is 3.04. The fourth-order valence-corrected chi connectivity index (χ4v) is 1.87. The van der Waals surface area contributed by atoms with E-state index in [0.717, 1.165) is 17.3 Å². The molecule has 0 aliphatic carbocycles. The number of carbonyl (C=O) groups is 1. The van der Waals surface area contributed by atoms with E-state index in [1.165, 1.54) is 0 Å². The quantitative estimate of drug-likeness (QED) is 0.652. The second-order valence-corrected chi connectivity index (χ2v) is 4.03. The summed E-state index contributed by atoms with van der Waals surface area (Å²) in [6.45, 7) is 2.38. The number of hydrogen-bond donors (Lipinski definition) is 1. The van der Waals surface area contributed by atoms with Crippen LogP contribution >= 0.6 is 0 Å². The molecule has 2 N–H and O–H groups in total. The van der Waals surface area contributed by atoms with Crippen LogP contribution in [0, 0.1) is 0 Å². The first-order chi connectivity index (χ1) is 8.15. The van der Waals surface area contributed by atoms with Gasteiger partial charge in [0.1, 0.15) is 0 Å². The number of rotatable bonds is 3. The standard InChI is InChI=1S/C13H16N2O2/c1-3-8-17-13(16)10-5-4-9-6-7-15(2)12(9)11(10)14/h4-7H,3,8,14H2,1-2H3. The Hall–Kier alpha value is -1.97. The Bertz CT molecular complexity index is 558. The Morgan fingerprint density at radius 1 is 1.41 bits per heavy atom. The molecule has 0 saturated heterocycles. The Balaban J connectivity index is 2.44. The van der Waals surface area contributed by atoms with E-state index in [2.05, 4.69) is 0 Å². The lowest BCUT2D eigenvalue weighted by atomic mass is 10.1. The monoisotopic (exact) mass is 232 g/mol. The maximum absolute atomic E-state index is 11.8. The van der Waals surface area contributed by atoms with Gasteiger partial charge in [-0.1, -0.05) is 13.0 Å². The molecular weight excluding hydrogens is 216 g/mol. The number of fused-ring (bicyclic) bond motifs is 1. The van der Waals surface area contributed by atoms with E-state index in [0.29, 0.717) is 17.9 Å². The second-order valence-electron chi connectivity index (χ2n) is 4.03. The van der Waals surface area contributed by atoms with Gasteiger partial charge in [0.15, 0.2) is 0 Å². The summed E-state index contributed by atoms with van der Waals surface area (Å²) >= 11 is 0. The van der Waals surface area contributed by atoms with Crippen LogP contribution in [-0.2, 0) is 11.8 Å². The zero-order valence-electron chi connectivity index (χ0n) is 10.1. The van der Waals surface area contributed by atoms with Crippen molar-refractivity contribution in [3.8, 4) is 0 Å². The topological polar surface area (TPSA) is 57.2 Å². The van der Waals surface area contributed by atoms with Crippen molar-refractivity contribution in [2.45, 2.75) is 13.3 Å². The van der Waals surface area contributed by atoms with Crippen LogP contribution in [0.25, 0.3) is 10.9 Å². The number of carbonyl (C=O) groups excluding carboxylic acids is 1. The average Bonchev–Trinajstić information content (AvgIpc) is 2.69. The molecule has 1 aromatic carbocycles. The smallest absolute Gasteiger partial charge is 0.340 e. The summed E-state index contributed by atoms with van der Waals surface area (Å²) in [6.07, 6.45) is 2.72. The lowest BCUT2D eigenvalue weighted by Gasteiger charge is -2.08. The summed E-state index contributed by atoms with van der Waals surface area (Å²) in [5, 5.41) is 1.03. The molecule has 4 heteroatoms. The molecule has 2 rings (SSSR count). The molecule has 0 bridgehead atoms. The fourth-order valence-electron chi connectivity index (χ4n) is 1.87. The van der Waals surface area contributed by atoms with Gasteiger partial charge in [0, 0.05) is 18.6 Å². The number of nitrogens with two attached hydrogens (primary N) is 1. The third-order valence-corrected chi connectivity index (χ3v) is 2.74. The minimum atomic E-state index is -0.354. The maximum atomic E-state index is 11.8. The molecule has 0 spiro atoms. The van der Waals surface area contributed by atoms with Gasteiger partial charge >= 0.3 is 5.97 Å². The predicted molar refractivity (Wildman–Crippen MR) is 67.9 cm³/mol. The SMILES string of the molecule is CCCOC(=O)c1ccc2ccn(C)c2c1N. The second kappa shape index (κ2) is 4.49. The first-order valence-corrected chi connectivity index (χ1v) is 5.65. The zero-order chi connectivity index (χ0) is 12.4. The summed E-state index contributed by atoms with van der Waals surface area (Å²) in [6, 6.07) is 5.57. The molecule has 1 heterocycles. The lowest BCUT2D eigenvalue weighted by Crippen LogP contribution is -2.09. The molecule has 0 unspecified atom stereocenters. The summed E-state index contributed by atoms with van der Waals surface area (Å²) in [5.74, 6) is -0.354. The molecule has 1 aromatic heterocycles. The number of esters is 1. The molecule has 0 aliphatic rings. The van der Waals surface area contributed by atoms with Gasteiger partial charge in [-0.3, -0.25) is 0 Å². The number of nitrogen functional groups attached to an aromatic ring is 1. The first-order valence-electron chi connectivity index (χ1n) is 5.65. The summed E-state index contributed by atoms with van der Waals surface area (Å²) in [5.41, 5.74) is 7.81. The fraction of sp³-hybridized carbons (Fsp3) is 0.308. The molecule has 0 atom stereocenters. The van der Waals surface area contributed by atoms with Gasteiger partial charge in [-0.05, 0) is 18.6 Å². The van der Waals surface area contributed by atoms with Crippen molar-refractivity contribution in [1.29, 1.82) is 0 Å². The van der Waals surface area contributed by atoms with Crippen molar-refractivity contribution in [2.75, 3.05) is 12.3 Å². The first kappa shape index (κ1) is 11.5. The third kappa shape index (κ3) is 1.98. The van der Waals surface area contributed by atoms with E-state index < -0.39 is 0 Å². The lowest BCUT2D eigenvalue weighted by molar-refractivity contribution is 0.0506. The van der Waals surface area contributed by atoms with Gasteiger partial charge in [-0.2, -0.15) is 0 Å². The number of aryl methyl sites for hydroxylation is 1. The number of ether oxygens (including phenoxy) is 1. The molecule has 0 saturated carbocycles. The molecular formula is C13H16N2O2. The van der Waals surface area contributed by atoms with Crippen LogP contribution in [0.2, 0.25) is 0 Å². The van der Waals surface area contributed by atoms with Gasteiger partial charge in [0.25, 0.3) is 0 Å². The summed E-state index contributed by atoms with van der Waals surface area (Å²) < 4.78 is 7.00. The highest BCUT2D eigenvalue weighted by Gasteiger charge is 2.14. The van der Waals surface area contributed by atoms with E-state index in [1.54, 1.807) is 6.07 Å². The van der Waals surface area contributed by atoms with Gasteiger partial charge < -0.3 is 15.0 Å². The average molecular weight is 232 g/mol. The van der Waals surface area contributed by atoms with Crippen LogP contribution in [0.5, 0.6) is 0 Å². The van der Waals surface area contributed by atoms with Crippen molar-refractivity contribution < 1.29 is 9.53 Å². The molecule has 17 heavy (non-hydrogen) atoms. The number of hydrogen-bond acceptors (Lipinski definition) is 3. The largest absolute Gasteiger partial charge is 0.462 e. The molecule has 2 aromatic rings. The van der Waals surface area contributed by atoms with Crippen molar-refractivity contribution in [3.05, 3.63) is 30.0 Å². The van der Waals surface area contributed by atoms with E-state index in [-0.39, 0.29) is 5.97 Å². The van der Waals surface area contributed by atoms with Crippen molar-refractivity contribution in [2.24, 2.45) is 7.05 Å². The van der Waals surface area contributed by atoms with Crippen molar-refractivity contribution in [3.63, 3.8) is 0 Å². The van der Waals surface area contributed by atoms with Crippen LogP contribution < -0.4 is 5.73 Å². The van der Waals surface area contributed by atoms with E-state index >= 15 is 0 Å². The van der Waals surface area contributed by atoms with E-state index in [9.17, 15) is 4.79 Å². The minimum absolute atomic E-state index is 0.354. The summed E-state index contributed by atoms with van der Waals surface area (Å²) in [7, 11) is 1.90. The van der Waals surface area contributed by atoms with Crippen LogP contribution in [0.15, 0.2) is 24.4 Å². The van der Waals surface area contributed by atoms with Crippen molar-refractivity contribution >= 4 is 22.6 Å². The number of nitrogens with zero attached hydrogens (tertiary/aromatic N) is 1. The Morgan fingerprint density at radius 2 is 2.18 bits per heavy atom. The summed E-state index contributed by atoms with van der Waals surface area (Å²) in [4.78, 5) is 11.8. The maximum Gasteiger partial charge on any atom is 0.340 e. The third-order valence-electron chi connectivity index (χ3n) is 2.74. The van der Waals surface area contributed by atoms with Crippen LogP contribution in [0.3, 0.4) is 0 Å². The van der Waals surface area contributed by atoms with Gasteiger partial charge in [0.2, 0.25) is 0 Å². The van der Waals surface area contributed by atoms with Gasteiger partial charge in [-0.25, -0.2) is 4.79 Å². The normalized spacial score (nSPS) is 10.7. The molecule has 4 nitrogen and oxygen atoms in total. The van der Waals surface area contributed by atoms with E-state index in [4.69, 9.17) is 10.5 Å². The minimum Gasteiger partial charge on any atom is -0.462 e. The molecule has 90 valence electrons. The highest BCUT2D eigenvalue weighted by molar-refractivity contribution is 6.04. The molecule has 0 fully saturated rings. The van der Waals surface area contributed by atoms with Gasteiger partial charge in [-0.15, -0.1) is 0 Å². The molecule has 0 amide bonds. The Labute approximate surface area is 100.0 Å². The molecule has 0 radical (unpaired) electrons. The van der Waals surface area contributed by atoms with Crippen LogP contribution in [0.1, 0.15) is 23.7 Å². The molecule has 0 aliphatic heterocycles. The Morgan fingerprint density at radius 3 is 2.88 bits per heavy atom. The number of anilines is 1. The highest BCUT2D eigenvalue weighted by atomic mass is 16.5. The van der Waals surface area contributed by atoms with Crippen molar-refractivity contribution in [1.82, 2.24) is 4.57 Å². The van der Waals surface area contributed by atoms with E-state index in [1.807, 2.05) is 36.9 Å². The number of aromatic nitrogens is 1. The highest BCUT2D eigenvalue weighted by Crippen LogP contribution is 2.25. The van der Waals surface area contributed by atoms with Crippen LogP contribution in [0.4, 0.5) is 5.69 Å². The predicted octanol–water partition coefficient (Wildman–Crippen LogP) is 2.33. The number of benzene rings is 1.